The van der Waals surface area contributed by atoms with E-state index < -0.39 is 0 Å². The van der Waals surface area contributed by atoms with Crippen LogP contribution in [-0.2, 0) is 0 Å². The van der Waals surface area contributed by atoms with E-state index in [1.807, 2.05) is 32.0 Å². The smallest absolute Gasteiger partial charge is 0.165 e. The number of aryl methyl sites for hydroxylation is 2. The van der Waals surface area contributed by atoms with Gasteiger partial charge in [-0.1, -0.05) is 6.07 Å². The minimum absolute atomic E-state index is 0.0324. The lowest BCUT2D eigenvalue weighted by Crippen LogP contribution is -2.08. The molecule has 94 valence electrons. The van der Waals surface area contributed by atoms with Crippen LogP contribution in [0.2, 0.25) is 0 Å². The van der Waals surface area contributed by atoms with Crippen LogP contribution in [0.25, 0.3) is 5.69 Å². The van der Waals surface area contributed by atoms with Gasteiger partial charge >= 0.3 is 0 Å². The van der Waals surface area contributed by atoms with Gasteiger partial charge in [0.05, 0.1) is 24.1 Å². The van der Waals surface area contributed by atoms with E-state index in [2.05, 4.69) is 5.10 Å². The molecule has 2 rings (SSSR count). The van der Waals surface area contributed by atoms with Crippen molar-refractivity contribution in [1.29, 1.82) is 0 Å². The Bertz CT molecular complexity index is 600. The van der Waals surface area contributed by atoms with Gasteiger partial charge in [-0.25, -0.2) is 4.68 Å². The van der Waals surface area contributed by atoms with Crippen molar-refractivity contribution in [2.75, 3.05) is 7.11 Å². The zero-order chi connectivity index (χ0) is 13.3. The van der Waals surface area contributed by atoms with Gasteiger partial charge in [-0.2, -0.15) is 5.10 Å². The Morgan fingerprint density at radius 1 is 1.33 bits per heavy atom. The van der Waals surface area contributed by atoms with E-state index >= 15 is 0 Å². The number of hydrogen-bond donors (Lipinski definition) is 0. The van der Waals surface area contributed by atoms with Crippen LogP contribution in [0.1, 0.15) is 28.7 Å². The largest absolute Gasteiger partial charge is 0.496 e. The van der Waals surface area contributed by atoms with E-state index in [4.69, 9.17) is 4.74 Å². The number of benzene rings is 1. The number of ketones is 1. The summed E-state index contributed by atoms with van der Waals surface area (Å²) in [4.78, 5) is 11.8. The Labute approximate surface area is 106 Å². The molecule has 0 N–H and O–H groups in total. The first-order chi connectivity index (χ1) is 8.54. The fourth-order valence-corrected chi connectivity index (χ4v) is 2.09. The molecule has 0 bridgehead atoms. The van der Waals surface area contributed by atoms with Crippen molar-refractivity contribution in [3.8, 4) is 11.4 Å². The number of hydrogen-bond acceptors (Lipinski definition) is 3. The summed E-state index contributed by atoms with van der Waals surface area (Å²) < 4.78 is 7.03. The zero-order valence-corrected chi connectivity index (χ0v) is 11.0. The predicted molar refractivity (Wildman–Crippen MR) is 69.6 cm³/mol. The lowest BCUT2D eigenvalue weighted by atomic mass is 10.1. The first-order valence-corrected chi connectivity index (χ1v) is 5.76. The van der Waals surface area contributed by atoms with Crippen LogP contribution in [0, 0.1) is 13.8 Å². The average Bonchev–Trinajstić information content (AvgIpc) is 2.67. The first kappa shape index (κ1) is 12.4. The molecule has 0 saturated heterocycles. The standard InChI is InChI=1S/C14H16N2O2/c1-9-8-10(2)16(15-9)12-6-5-7-13(18-4)14(12)11(3)17/h5-8H,1-4H3. The number of Topliss-reactive ketones (excluding diaryl/α,β-unsaturated/α-hetero) is 1. The normalized spacial score (nSPS) is 10.4. The maximum absolute atomic E-state index is 11.8. The van der Waals surface area contributed by atoms with Crippen molar-refractivity contribution in [1.82, 2.24) is 9.78 Å². The highest BCUT2D eigenvalue weighted by molar-refractivity contribution is 6.00. The van der Waals surface area contributed by atoms with Crippen LogP contribution >= 0.6 is 0 Å². The van der Waals surface area contributed by atoms with Crippen molar-refractivity contribution in [3.05, 3.63) is 41.2 Å². The molecule has 1 heterocycles. The molecule has 0 radical (unpaired) electrons. The van der Waals surface area contributed by atoms with Gasteiger partial charge in [-0.05, 0) is 39.0 Å². The Kier molecular flexibility index (Phi) is 3.19. The molecule has 0 atom stereocenters. The molecular weight excluding hydrogens is 228 g/mol. The average molecular weight is 244 g/mol. The number of rotatable bonds is 3. The number of carbonyl (C=O) groups excluding carboxylic acids is 1. The number of methoxy groups -OCH3 is 1. The fraction of sp³-hybridized carbons (Fsp3) is 0.286. The fourth-order valence-electron chi connectivity index (χ4n) is 2.09. The van der Waals surface area contributed by atoms with Gasteiger partial charge in [0.2, 0.25) is 0 Å². The minimum atomic E-state index is -0.0324. The van der Waals surface area contributed by atoms with Gasteiger partial charge in [-0.15, -0.1) is 0 Å². The number of ether oxygens (including phenoxy) is 1. The maximum atomic E-state index is 11.8. The van der Waals surface area contributed by atoms with Crippen LogP contribution in [0.3, 0.4) is 0 Å². The zero-order valence-electron chi connectivity index (χ0n) is 11.0. The molecule has 0 aliphatic carbocycles. The summed E-state index contributed by atoms with van der Waals surface area (Å²) in [5, 5.41) is 4.41. The third kappa shape index (κ3) is 2.01. The molecule has 0 saturated carbocycles. The van der Waals surface area contributed by atoms with Crippen LogP contribution in [0.15, 0.2) is 24.3 Å². The Morgan fingerprint density at radius 2 is 2.06 bits per heavy atom. The van der Waals surface area contributed by atoms with Gasteiger partial charge in [-0.3, -0.25) is 4.79 Å². The van der Waals surface area contributed by atoms with Gasteiger partial charge in [0, 0.05) is 5.69 Å². The molecule has 1 aromatic carbocycles. The Hall–Kier alpha value is -2.10. The molecule has 2 aromatic rings. The highest BCUT2D eigenvalue weighted by Crippen LogP contribution is 2.26. The molecule has 1 aromatic heterocycles. The Morgan fingerprint density at radius 3 is 2.56 bits per heavy atom. The topological polar surface area (TPSA) is 44.1 Å². The second kappa shape index (κ2) is 4.64. The third-order valence-electron chi connectivity index (χ3n) is 2.81. The van der Waals surface area contributed by atoms with Gasteiger partial charge < -0.3 is 4.74 Å². The van der Waals surface area contributed by atoms with Crippen LogP contribution in [0.4, 0.5) is 0 Å². The lowest BCUT2D eigenvalue weighted by Gasteiger charge is -2.12. The summed E-state index contributed by atoms with van der Waals surface area (Å²) >= 11 is 0. The van der Waals surface area contributed by atoms with Gasteiger partial charge in [0.25, 0.3) is 0 Å². The Balaban J connectivity index is 2.71. The molecule has 0 fully saturated rings. The van der Waals surface area contributed by atoms with Crippen LogP contribution < -0.4 is 4.74 Å². The molecule has 0 unspecified atom stereocenters. The molecule has 0 aliphatic rings. The molecule has 0 aliphatic heterocycles. The molecule has 0 amide bonds. The second-order valence-corrected chi connectivity index (χ2v) is 4.25. The summed E-state index contributed by atoms with van der Waals surface area (Å²) in [7, 11) is 1.56. The highest BCUT2D eigenvalue weighted by atomic mass is 16.5. The summed E-state index contributed by atoms with van der Waals surface area (Å²) in [5.74, 6) is 0.544. The molecule has 18 heavy (non-hydrogen) atoms. The van der Waals surface area contributed by atoms with E-state index in [-0.39, 0.29) is 5.78 Å². The van der Waals surface area contributed by atoms with Crippen LogP contribution in [-0.4, -0.2) is 22.7 Å². The number of nitrogens with zero attached hydrogens (tertiary/aromatic N) is 2. The van der Waals surface area contributed by atoms with Crippen molar-refractivity contribution in [2.24, 2.45) is 0 Å². The first-order valence-electron chi connectivity index (χ1n) is 5.76. The minimum Gasteiger partial charge on any atom is -0.496 e. The SMILES string of the molecule is COc1cccc(-n2nc(C)cc2C)c1C(C)=O. The number of carbonyl (C=O) groups is 1. The van der Waals surface area contributed by atoms with E-state index in [1.165, 1.54) is 6.92 Å². The van der Waals surface area contributed by atoms with Gasteiger partial charge in [0.15, 0.2) is 5.78 Å². The van der Waals surface area contributed by atoms with Crippen molar-refractivity contribution in [3.63, 3.8) is 0 Å². The second-order valence-electron chi connectivity index (χ2n) is 4.25. The van der Waals surface area contributed by atoms with Crippen molar-refractivity contribution >= 4 is 5.78 Å². The monoisotopic (exact) mass is 244 g/mol. The van der Waals surface area contributed by atoms with E-state index in [0.717, 1.165) is 17.1 Å². The summed E-state index contributed by atoms with van der Waals surface area (Å²) in [6.07, 6.45) is 0. The van der Waals surface area contributed by atoms with Crippen molar-refractivity contribution in [2.45, 2.75) is 20.8 Å². The third-order valence-corrected chi connectivity index (χ3v) is 2.81. The maximum Gasteiger partial charge on any atom is 0.165 e. The summed E-state index contributed by atoms with van der Waals surface area (Å²) in [6, 6.07) is 7.49. The summed E-state index contributed by atoms with van der Waals surface area (Å²) in [6.45, 7) is 5.42. The lowest BCUT2D eigenvalue weighted by molar-refractivity contribution is 0.101. The van der Waals surface area contributed by atoms with E-state index in [9.17, 15) is 4.79 Å². The van der Waals surface area contributed by atoms with E-state index in [0.29, 0.717) is 11.3 Å². The molecular formula is C14H16N2O2. The van der Waals surface area contributed by atoms with Gasteiger partial charge in [0.1, 0.15) is 5.75 Å². The molecule has 0 spiro atoms. The highest BCUT2D eigenvalue weighted by Gasteiger charge is 2.16. The van der Waals surface area contributed by atoms with E-state index in [1.54, 1.807) is 17.9 Å². The van der Waals surface area contributed by atoms with Crippen molar-refractivity contribution < 1.29 is 9.53 Å². The number of aromatic nitrogens is 2. The quantitative estimate of drug-likeness (QED) is 0.780. The predicted octanol–water partition coefficient (Wildman–Crippen LogP) is 2.70. The summed E-state index contributed by atoms with van der Waals surface area (Å²) in [5.41, 5.74) is 3.23. The molecule has 4 nitrogen and oxygen atoms in total. The molecule has 4 heteroatoms. The van der Waals surface area contributed by atoms with Crippen LogP contribution in [0.5, 0.6) is 5.75 Å².